The number of amides is 1. The number of hydrogen-bond acceptors (Lipinski definition) is 5. The highest BCUT2D eigenvalue weighted by Crippen LogP contribution is 2.13. The highest BCUT2D eigenvalue weighted by atomic mass is 32.2. The summed E-state index contributed by atoms with van der Waals surface area (Å²) < 4.78 is 29.6. The number of nitrogens with one attached hydrogen (secondary N) is 2. The zero-order chi connectivity index (χ0) is 18.4. The van der Waals surface area contributed by atoms with Gasteiger partial charge in [0, 0.05) is 11.1 Å². The Hall–Kier alpha value is -2.71. The third-order valence-electron chi connectivity index (χ3n) is 3.30. The summed E-state index contributed by atoms with van der Waals surface area (Å²) in [6, 6.07) is 11.7. The normalized spacial score (nSPS) is 11.0. The van der Waals surface area contributed by atoms with E-state index in [1.165, 1.54) is 43.3 Å². The number of ketones is 1. The molecule has 0 atom stereocenters. The molecule has 1 amide bonds. The van der Waals surface area contributed by atoms with E-state index in [1.54, 1.807) is 12.1 Å². The molecular weight excluding hydrogens is 344 g/mol. The van der Waals surface area contributed by atoms with Crippen molar-refractivity contribution >= 4 is 21.7 Å². The molecule has 0 fully saturated rings. The maximum atomic E-state index is 12.2. The Bertz CT molecular complexity index is 859. The summed E-state index contributed by atoms with van der Waals surface area (Å²) in [6.45, 7) is 3.74. The lowest BCUT2D eigenvalue weighted by Crippen LogP contribution is -2.41. The van der Waals surface area contributed by atoms with E-state index in [9.17, 15) is 18.0 Å². The Labute approximate surface area is 146 Å². The van der Waals surface area contributed by atoms with E-state index in [2.05, 4.69) is 5.43 Å². The fourth-order valence-corrected chi connectivity index (χ4v) is 2.82. The Morgan fingerprint density at radius 3 is 2.04 bits per heavy atom. The molecule has 2 N–H and O–H groups in total. The van der Waals surface area contributed by atoms with Gasteiger partial charge in [0.2, 0.25) is 0 Å². The van der Waals surface area contributed by atoms with E-state index in [0.717, 1.165) is 0 Å². The molecule has 2 aromatic rings. The molecule has 0 saturated heterocycles. The molecule has 0 radical (unpaired) electrons. The van der Waals surface area contributed by atoms with Crippen LogP contribution in [-0.2, 0) is 10.0 Å². The van der Waals surface area contributed by atoms with Crippen molar-refractivity contribution < 1.29 is 22.7 Å². The molecule has 0 aliphatic heterocycles. The first-order valence-corrected chi connectivity index (χ1v) is 8.98. The van der Waals surface area contributed by atoms with Crippen LogP contribution < -0.4 is 15.0 Å². The van der Waals surface area contributed by atoms with Crippen LogP contribution in [-0.4, -0.2) is 26.7 Å². The van der Waals surface area contributed by atoms with E-state index in [1.807, 2.05) is 11.8 Å². The van der Waals surface area contributed by atoms with Crippen molar-refractivity contribution in [2.45, 2.75) is 18.7 Å². The third-order valence-corrected chi connectivity index (χ3v) is 4.56. The lowest BCUT2D eigenvalue weighted by Gasteiger charge is -2.09. The van der Waals surface area contributed by atoms with Gasteiger partial charge in [0.25, 0.3) is 15.9 Å². The van der Waals surface area contributed by atoms with Crippen LogP contribution in [0.25, 0.3) is 0 Å². The summed E-state index contributed by atoms with van der Waals surface area (Å²) in [6.07, 6.45) is 0. The quantitative estimate of drug-likeness (QED) is 0.579. The number of hydrazine groups is 1. The summed E-state index contributed by atoms with van der Waals surface area (Å²) in [5, 5.41) is 0. The first-order valence-electron chi connectivity index (χ1n) is 7.49. The molecule has 0 spiro atoms. The van der Waals surface area contributed by atoms with Gasteiger partial charge in [0.05, 0.1) is 11.5 Å². The molecule has 8 heteroatoms. The minimum absolute atomic E-state index is 0.0653. The molecule has 25 heavy (non-hydrogen) atoms. The van der Waals surface area contributed by atoms with Gasteiger partial charge in [-0.3, -0.25) is 15.0 Å². The van der Waals surface area contributed by atoms with E-state index in [0.29, 0.717) is 17.9 Å². The highest BCUT2D eigenvalue weighted by Gasteiger charge is 2.16. The maximum absolute atomic E-state index is 12.2. The van der Waals surface area contributed by atoms with Gasteiger partial charge in [0.15, 0.2) is 5.78 Å². The maximum Gasteiger partial charge on any atom is 0.266 e. The summed E-state index contributed by atoms with van der Waals surface area (Å²) in [4.78, 5) is 25.2. The average molecular weight is 362 g/mol. The highest BCUT2D eigenvalue weighted by molar-refractivity contribution is 7.89. The van der Waals surface area contributed by atoms with Crippen molar-refractivity contribution in [1.82, 2.24) is 10.3 Å². The van der Waals surface area contributed by atoms with Gasteiger partial charge in [-0.1, -0.05) is 12.1 Å². The number of rotatable bonds is 7. The summed E-state index contributed by atoms with van der Waals surface area (Å²) >= 11 is 0. The molecule has 2 aromatic carbocycles. The standard InChI is InChI=1S/C17H18N2O5S/c1-3-24-15-8-4-14(5-9-15)17(21)18-19-25(22,23)16-10-6-13(7-11-16)12(2)20/h4-11,19H,3H2,1-2H3,(H,18,21). The van der Waals surface area contributed by atoms with Gasteiger partial charge in [-0.25, -0.2) is 8.42 Å². The van der Waals surface area contributed by atoms with Crippen LogP contribution in [0.3, 0.4) is 0 Å². The van der Waals surface area contributed by atoms with E-state index < -0.39 is 15.9 Å². The SMILES string of the molecule is CCOc1ccc(C(=O)NNS(=O)(=O)c2ccc(C(C)=O)cc2)cc1. The fourth-order valence-electron chi connectivity index (χ4n) is 1.98. The third kappa shape index (κ3) is 4.88. The minimum Gasteiger partial charge on any atom is -0.494 e. The van der Waals surface area contributed by atoms with Crippen LogP contribution in [0.15, 0.2) is 53.4 Å². The number of carbonyl (C=O) groups excluding carboxylic acids is 2. The van der Waals surface area contributed by atoms with Crippen LogP contribution in [0, 0.1) is 0 Å². The molecule has 0 aromatic heterocycles. The predicted octanol–water partition coefficient (Wildman–Crippen LogP) is 1.91. The van der Waals surface area contributed by atoms with Gasteiger partial charge < -0.3 is 4.74 Å². The Morgan fingerprint density at radius 1 is 0.960 bits per heavy atom. The second-order valence-corrected chi connectivity index (χ2v) is 6.78. The number of Topliss-reactive ketones (excluding diaryl/α,β-unsaturated/α-hetero) is 1. The smallest absolute Gasteiger partial charge is 0.266 e. The lowest BCUT2D eigenvalue weighted by molar-refractivity contribution is 0.0944. The average Bonchev–Trinajstić information content (AvgIpc) is 2.61. The van der Waals surface area contributed by atoms with Crippen molar-refractivity contribution in [3.63, 3.8) is 0 Å². The monoisotopic (exact) mass is 362 g/mol. The van der Waals surface area contributed by atoms with Gasteiger partial charge in [-0.15, -0.1) is 4.83 Å². The summed E-state index contributed by atoms with van der Waals surface area (Å²) in [5.74, 6) is -0.155. The van der Waals surface area contributed by atoms with Crippen LogP contribution >= 0.6 is 0 Å². The number of carbonyl (C=O) groups is 2. The van der Waals surface area contributed by atoms with Crippen LogP contribution in [0.5, 0.6) is 5.75 Å². The molecule has 0 heterocycles. The van der Waals surface area contributed by atoms with Crippen molar-refractivity contribution in [3.8, 4) is 5.75 Å². The molecule has 132 valence electrons. The van der Waals surface area contributed by atoms with E-state index in [4.69, 9.17) is 4.74 Å². The van der Waals surface area contributed by atoms with Crippen molar-refractivity contribution in [2.24, 2.45) is 0 Å². The molecule has 0 aliphatic carbocycles. The second-order valence-electron chi connectivity index (χ2n) is 5.10. The van der Waals surface area contributed by atoms with Crippen molar-refractivity contribution in [3.05, 3.63) is 59.7 Å². The van der Waals surface area contributed by atoms with Gasteiger partial charge >= 0.3 is 0 Å². The zero-order valence-electron chi connectivity index (χ0n) is 13.8. The molecule has 0 aliphatic rings. The van der Waals surface area contributed by atoms with Crippen molar-refractivity contribution in [2.75, 3.05) is 6.61 Å². The number of sulfonamides is 1. The van der Waals surface area contributed by atoms with Crippen LogP contribution in [0.4, 0.5) is 0 Å². The first kappa shape index (κ1) is 18.6. The molecule has 0 unspecified atom stereocenters. The number of hydrogen-bond donors (Lipinski definition) is 2. The minimum atomic E-state index is -3.94. The van der Waals surface area contributed by atoms with Crippen LogP contribution in [0.1, 0.15) is 34.6 Å². The molecule has 0 bridgehead atoms. The van der Waals surface area contributed by atoms with E-state index in [-0.39, 0.29) is 16.2 Å². The zero-order valence-corrected chi connectivity index (χ0v) is 14.6. The number of ether oxygens (including phenoxy) is 1. The number of benzene rings is 2. The van der Waals surface area contributed by atoms with Crippen LogP contribution in [0.2, 0.25) is 0 Å². The Balaban J connectivity index is 2.03. The summed E-state index contributed by atoms with van der Waals surface area (Å²) in [5.41, 5.74) is 2.82. The lowest BCUT2D eigenvalue weighted by atomic mass is 10.2. The Morgan fingerprint density at radius 2 is 1.52 bits per heavy atom. The van der Waals surface area contributed by atoms with Gasteiger partial charge in [-0.05, 0) is 50.2 Å². The molecule has 0 saturated carbocycles. The fraction of sp³-hybridized carbons (Fsp3) is 0.176. The largest absolute Gasteiger partial charge is 0.494 e. The van der Waals surface area contributed by atoms with Gasteiger partial charge in [-0.2, -0.15) is 0 Å². The van der Waals surface area contributed by atoms with Gasteiger partial charge in [0.1, 0.15) is 5.75 Å². The second kappa shape index (κ2) is 7.91. The molecular formula is C17H18N2O5S. The topological polar surface area (TPSA) is 102 Å². The van der Waals surface area contributed by atoms with Crippen molar-refractivity contribution in [1.29, 1.82) is 0 Å². The Kier molecular flexibility index (Phi) is 5.89. The molecule has 2 rings (SSSR count). The van der Waals surface area contributed by atoms with E-state index >= 15 is 0 Å². The first-order chi connectivity index (χ1) is 11.8. The molecule has 7 nitrogen and oxygen atoms in total. The predicted molar refractivity (Wildman–Crippen MR) is 91.8 cm³/mol. The summed E-state index contributed by atoms with van der Waals surface area (Å²) in [7, 11) is -3.94.